The summed E-state index contributed by atoms with van der Waals surface area (Å²) in [6.07, 6.45) is 0. The van der Waals surface area contributed by atoms with Crippen molar-refractivity contribution in [2.24, 2.45) is 0 Å². The number of pyridine rings is 1. The summed E-state index contributed by atoms with van der Waals surface area (Å²) in [7, 11) is 0. The van der Waals surface area contributed by atoms with E-state index in [4.69, 9.17) is 5.73 Å². The van der Waals surface area contributed by atoms with Gasteiger partial charge >= 0.3 is 0 Å². The molecule has 3 rings (SSSR count). The van der Waals surface area contributed by atoms with E-state index in [-0.39, 0.29) is 5.82 Å². The number of nitrogen functional groups attached to an aromatic ring is 1. The van der Waals surface area contributed by atoms with E-state index in [0.717, 1.165) is 5.69 Å². The van der Waals surface area contributed by atoms with E-state index in [1.807, 2.05) is 13.0 Å². The number of nitrogens with one attached hydrogen (secondary N) is 1. The highest BCUT2D eigenvalue weighted by atomic mass is 19.1. The van der Waals surface area contributed by atoms with Crippen LogP contribution in [0.2, 0.25) is 0 Å². The second-order valence-electron chi connectivity index (χ2n) is 4.13. The number of halogens is 1. The molecule has 0 unspecified atom stereocenters. The number of anilines is 1. The lowest BCUT2D eigenvalue weighted by Crippen LogP contribution is -1.92. The van der Waals surface area contributed by atoms with Crippen molar-refractivity contribution in [1.29, 1.82) is 0 Å². The first kappa shape index (κ1) is 10.7. The van der Waals surface area contributed by atoms with E-state index in [1.165, 1.54) is 6.07 Å². The Labute approximate surface area is 103 Å². The van der Waals surface area contributed by atoms with Crippen LogP contribution in [0.5, 0.6) is 0 Å². The van der Waals surface area contributed by atoms with Crippen LogP contribution in [0.15, 0.2) is 30.3 Å². The van der Waals surface area contributed by atoms with Crippen molar-refractivity contribution in [2.75, 3.05) is 5.73 Å². The number of hydrogen-bond acceptors (Lipinski definition) is 3. The smallest absolute Gasteiger partial charge is 0.183 e. The Kier molecular flexibility index (Phi) is 2.26. The minimum atomic E-state index is -0.287. The first-order valence-corrected chi connectivity index (χ1v) is 5.53. The maximum Gasteiger partial charge on any atom is 0.183 e. The van der Waals surface area contributed by atoms with Crippen LogP contribution in [-0.2, 0) is 0 Å². The van der Waals surface area contributed by atoms with Gasteiger partial charge in [0.1, 0.15) is 11.6 Å². The fraction of sp³-hybridized carbons (Fsp3) is 0.0769. The Balaban J connectivity index is 2.41. The molecule has 0 spiro atoms. The average Bonchev–Trinajstić information content (AvgIpc) is 2.71. The molecule has 18 heavy (non-hydrogen) atoms. The van der Waals surface area contributed by atoms with Crippen LogP contribution < -0.4 is 5.73 Å². The van der Waals surface area contributed by atoms with Gasteiger partial charge in [-0.25, -0.2) is 9.37 Å². The fourth-order valence-corrected chi connectivity index (χ4v) is 2.06. The van der Waals surface area contributed by atoms with Crippen molar-refractivity contribution < 1.29 is 4.39 Å². The standard InChI is InChI=1S/C13H11FN4/c1-7-6-9(8-4-2-3-5-10(8)14)11-12(15)17-18-13(11)16-7/h2-6H,1H3,(H3,15,16,17,18). The zero-order chi connectivity index (χ0) is 12.7. The van der Waals surface area contributed by atoms with Crippen LogP contribution >= 0.6 is 0 Å². The van der Waals surface area contributed by atoms with Crippen LogP contribution in [0.4, 0.5) is 10.2 Å². The maximum atomic E-state index is 13.9. The molecular weight excluding hydrogens is 231 g/mol. The van der Waals surface area contributed by atoms with Crippen LogP contribution in [0.3, 0.4) is 0 Å². The van der Waals surface area contributed by atoms with Gasteiger partial charge in [0, 0.05) is 16.8 Å². The number of aromatic nitrogens is 3. The monoisotopic (exact) mass is 242 g/mol. The average molecular weight is 242 g/mol. The summed E-state index contributed by atoms with van der Waals surface area (Å²) in [5, 5.41) is 7.35. The van der Waals surface area contributed by atoms with Gasteiger partial charge in [0.2, 0.25) is 0 Å². The molecule has 0 radical (unpaired) electrons. The molecule has 4 nitrogen and oxygen atoms in total. The molecule has 0 fully saturated rings. The molecule has 0 atom stereocenters. The number of aryl methyl sites for hydroxylation is 1. The lowest BCUT2D eigenvalue weighted by Gasteiger charge is -2.06. The molecule has 3 N–H and O–H groups in total. The van der Waals surface area contributed by atoms with Crippen molar-refractivity contribution in [3.05, 3.63) is 41.8 Å². The largest absolute Gasteiger partial charge is 0.383 e. The predicted octanol–water partition coefficient (Wildman–Crippen LogP) is 2.65. The van der Waals surface area contributed by atoms with Gasteiger partial charge in [-0.3, -0.25) is 5.10 Å². The van der Waals surface area contributed by atoms with E-state index < -0.39 is 0 Å². The zero-order valence-corrected chi connectivity index (χ0v) is 9.74. The second kappa shape index (κ2) is 3.80. The normalized spacial score (nSPS) is 11.0. The summed E-state index contributed by atoms with van der Waals surface area (Å²) < 4.78 is 13.9. The molecule has 0 saturated carbocycles. The van der Waals surface area contributed by atoms with E-state index >= 15 is 0 Å². The first-order chi connectivity index (χ1) is 8.66. The van der Waals surface area contributed by atoms with Gasteiger partial charge in [-0.05, 0) is 19.1 Å². The number of benzene rings is 1. The van der Waals surface area contributed by atoms with Crippen LogP contribution in [0.25, 0.3) is 22.2 Å². The topological polar surface area (TPSA) is 67.6 Å². The molecule has 0 bridgehead atoms. The number of nitrogens with zero attached hydrogens (tertiary/aromatic N) is 2. The maximum absolute atomic E-state index is 13.9. The van der Waals surface area contributed by atoms with Gasteiger partial charge in [-0.1, -0.05) is 18.2 Å². The molecular formula is C13H11FN4. The summed E-state index contributed by atoms with van der Waals surface area (Å²) in [5.41, 5.74) is 8.32. The highest BCUT2D eigenvalue weighted by Crippen LogP contribution is 2.32. The number of rotatable bonds is 1. The minimum Gasteiger partial charge on any atom is -0.383 e. The van der Waals surface area contributed by atoms with Crippen LogP contribution in [0, 0.1) is 12.7 Å². The van der Waals surface area contributed by atoms with Crippen LogP contribution in [-0.4, -0.2) is 15.2 Å². The molecule has 2 heterocycles. The molecule has 0 amide bonds. The predicted molar refractivity (Wildman–Crippen MR) is 68.4 cm³/mol. The molecule has 1 aromatic carbocycles. The third kappa shape index (κ3) is 1.52. The molecule has 0 aliphatic carbocycles. The highest BCUT2D eigenvalue weighted by molar-refractivity contribution is 6.00. The van der Waals surface area contributed by atoms with Gasteiger partial charge in [-0.15, -0.1) is 0 Å². The van der Waals surface area contributed by atoms with E-state index in [9.17, 15) is 4.39 Å². The zero-order valence-electron chi connectivity index (χ0n) is 9.74. The Hall–Kier alpha value is -2.43. The van der Waals surface area contributed by atoms with Crippen molar-refractivity contribution in [2.45, 2.75) is 6.92 Å². The Morgan fingerprint density at radius 1 is 1.22 bits per heavy atom. The lowest BCUT2D eigenvalue weighted by atomic mass is 10.0. The molecule has 5 heteroatoms. The number of hydrogen-bond donors (Lipinski definition) is 2. The van der Waals surface area contributed by atoms with Gasteiger partial charge in [0.05, 0.1) is 5.39 Å². The lowest BCUT2D eigenvalue weighted by molar-refractivity contribution is 0.631. The Morgan fingerprint density at radius 2 is 2.00 bits per heavy atom. The SMILES string of the molecule is Cc1cc(-c2ccccc2F)c2c(N)[nH]nc2n1. The quantitative estimate of drug-likeness (QED) is 0.689. The minimum absolute atomic E-state index is 0.287. The van der Waals surface area contributed by atoms with Crippen molar-refractivity contribution in [3.63, 3.8) is 0 Å². The number of H-pyrrole nitrogens is 1. The summed E-state index contributed by atoms with van der Waals surface area (Å²) in [4.78, 5) is 4.27. The second-order valence-corrected chi connectivity index (χ2v) is 4.13. The molecule has 2 aromatic heterocycles. The third-order valence-corrected chi connectivity index (χ3v) is 2.84. The summed E-state index contributed by atoms with van der Waals surface area (Å²) in [6, 6.07) is 8.40. The number of aromatic amines is 1. The highest BCUT2D eigenvalue weighted by Gasteiger charge is 2.14. The van der Waals surface area contributed by atoms with Gasteiger partial charge in [0.15, 0.2) is 5.65 Å². The molecule has 90 valence electrons. The Bertz CT molecular complexity index is 733. The van der Waals surface area contributed by atoms with Gasteiger partial charge < -0.3 is 5.73 Å². The first-order valence-electron chi connectivity index (χ1n) is 5.53. The summed E-state index contributed by atoms with van der Waals surface area (Å²) >= 11 is 0. The molecule has 0 aliphatic rings. The molecule has 0 aliphatic heterocycles. The third-order valence-electron chi connectivity index (χ3n) is 2.84. The van der Waals surface area contributed by atoms with Gasteiger partial charge in [0.25, 0.3) is 0 Å². The molecule has 3 aromatic rings. The fourth-order valence-electron chi connectivity index (χ4n) is 2.06. The molecule has 0 saturated heterocycles. The van der Waals surface area contributed by atoms with Crippen molar-refractivity contribution in [1.82, 2.24) is 15.2 Å². The van der Waals surface area contributed by atoms with Crippen molar-refractivity contribution >= 4 is 16.9 Å². The number of fused-ring (bicyclic) bond motifs is 1. The van der Waals surface area contributed by atoms with Crippen molar-refractivity contribution in [3.8, 4) is 11.1 Å². The van der Waals surface area contributed by atoms with E-state index in [1.54, 1.807) is 18.2 Å². The summed E-state index contributed by atoms with van der Waals surface area (Å²) in [5.74, 6) is 0.112. The van der Waals surface area contributed by atoms with Crippen LogP contribution in [0.1, 0.15) is 5.69 Å². The number of nitrogens with two attached hydrogens (primary N) is 1. The van der Waals surface area contributed by atoms with Gasteiger partial charge in [-0.2, -0.15) is 5.10 Å². The van der Waals surface area contributed by atoms with E-state index in [2.05, 4.69) is 15.2 Å². The summed E-state index contributed by atoms with van der Waals surface area (Å²) in [6.45, 7) is 1.84. The van der Waals surface area contributed by atoms with E-state index in [0.29, 0.717) is 28.0 Å². The Morgan fingerprint density at radius 3 is 2.78 bits per heavy atom.